The van der Waals surface area contributed by atoms with Crippen molar-refractivity contribution in [1.29, 1.82) is 0 Å². The van der Waals surface area contributed by atoms with E-state index in [1.54, 1.807) is 12.3 Å². The lowest BCUT2D eigenvalue weighted by Gasteiger charge is -1.94. The van der Waals surface area contributed by atoms with Crippen LogP contribution in [0.1, 0.15) is 17.9 Å². The Morgan fingerprint density at radius 2 is 2.40 bits per heavy atom. The highest BCUT2D eigenvalue weighted by atomic mass is 16.4. The topological polar surface area (TPSA) is 67.5 Å². The van der Waals surface area contributed by atoms with Crippen LogP contribution in [0.15, 0.2) is 18.5 Å². The molecule has 15 heavy (non-hydrogen) atoms. The average molecular weight is 205 g/mol. The van der Waals surface area contributed by atoms with Crippen molar-refractivity contribution in [1.82, 2.24) is 14.4 Å². The molecule has 0 fully saturated rings. The molecule has 0 aliphatic rings. The number of carboxylic acids is 1. The Labute approximate surface area is 86.4 Å². The summed E-state index contributed by atoms with van der Waals surface area (Å²) in [4.78, 5) is 18.8. The molecule has 0 atom stereocenters. The molecule has 2 aromatic rings. The van der Waals surface area contributed by atoms with Crippen molar-refractivity contribution >= 4 is 11.6 Å². The molecule has 2 aromatic heterocycles. The van der Waals surface area contributed by atoms with Crippen LogP contribution in [-0.2, 0) is 11.2 Å². The van der Waals surface area contributed by atoms with Crippen LogP contribution in [0.4, 0.5) is 0 Å². The van der Waals surface area contributed by atoms with Crippen LogP contribution in [0.3, 0.4) is 0 Å². The fourth-order valence-corrected chi connectivity index (χ4v) is 1.45. The van der Waals surface area contributed by atoms with Crippen LogP contribution >= 0.6 is 0 Å². The maximum atomic E-state index is 10.4. The summed E-state index contributed by atoms with van der Waals surface area (Å²) in [6, 6.07) is 1.80. The van der Waals surface area contributed by atoms with Gasteiger partial charge in [0.25, 0.3) is 0 Å². The zero-order valence-corrected chi connectivity index (χ0v) is 8.34. The number of rotatable bonds is 3. The Kier molecular flexibility index (Phi) is 2.37. The molecule has 0 bridgehead atoms. The van der Waals surface area contributed by atoms with Gasteiger partial charge in [-0.1, -0.05) is 0 Å². The summed E-state index contributed by atoms with van der Waals surface area (Å²) in [5, 5.41) is 8.56. The molecule has 1 N–H and O–H groups in total. The van der Waals surface area contributed by atoms with Crippen LogP contribution in [-0.4, -0.2) is 25.4 Å². The van der Waals surface area contributed by atoms with Gasteiger partial charge in [0, 0.05) is 18.8 Å². The fraction of sp³-hybridized carbons (Fsp3) is 0.300. The van der Waals surface area contributed by atoms with E-state index in [2.05, 4.69) is 9.97 Å². The van der Waals surface area contributed by atoms with Crippen molar-refractivity contribution in [3.05, 3.63) is 30.0 Å². The lowest BCUT2D eigenvalue weighted by Crippen LogP contribution is -1.97. The van der Waals surface area contributed by atoms with Crippen LogP contribution < -0.4 is 0 Å². The molecule has 0 spiro atoms. The molecule has 0 radical (unpaired) electrons. The van der Waals surface area contributed by atoms with Crippen molar-refractivity contribution in [3.63, 3.8) is 0 Å². The standard InChI is InChI=1S/C10H11N3O2/c1-7-11-5-4-9-12-8(6-13(7)9)2-3-10(14)15/h4-6H,2-3H2,1H3,(H,14,15). The molecule has 5 nitrogen and oxygen atoms in total. The van der Waals surface area contributed by atoms with E-state index in [1.165, 1.54) is 0 Å². The molecule has 0 aromatic carbocycles. The third kappa shape index (κ3) is 1.96. The molecule has 0 saturated carbocycles. The van der Waals surface area contributed by atoms with Crippen molar-refractivity contribution in [2.75, 3.05) is 0 Å². The van der Waals surface area contributed by atoms with E-state index in [1.807, 2.05) is 17.5 Å². The van der Waals surface area contributed by atoms with Crippen LogP contribution in [0.5, 0.6) is 0 Å². The first-order valence-corrected chi connectivity index (χ1v) is 4.68. The number of fused-ring (bicyclic) bond motifs is 1. The molecule has 78 valence electrons. The highest BCUT2D eigenvalue weighted by molar-refractivity contribution is 5.67. The Hall–Kier alpha value is -1.91. The van der Waals surface area contributed by atoms with E-state index in [0.717, 1.165) is 17.2 Å². The first kappa shape index (κ1) is 9.64. The number of aromatic nitrogens is 3. The van der Waals surface area contributed by atoms with E-state index >= 15 is 0 Å². The van der Waals surface area contributed by atoms with E-state index in [9.17, 15) is 4.79 Å². The molecule has 5 heteroatoms. The van der Waals surface area contributed by atoms with Gasteiger partial charge in [0.1, 0.15) is 11.5 Å². The quantitative estimate of drug-likeness (QED) is 0.813. The first-order chi connectivity index (χ1) is 7.16. The number of hydrogen-bond donors (Lipinski definition) is 1. The second-order valence-electron chi connectivity index (χ2n) is 3.35. The zero-order valence-electron chi connectivity index (χ0n) is 8.34. The molecule has 0 aliphatic heterocycles. The second kappa shape index (κ2) is 3.68. The monoisotopic (exact) mass is 205 g/mol. The Morgan fingerprint density at radius 3 is 3.07 bits per heavy atom. The molecule has 0 aliphatic carbocycles. The van der Waals surface area contributed by atoms with Gasteiger partial charge in [-0.15, -0.1) is 0 Å². The van der Waals surface area contributed by atoms with Crippen molar-refractivity contribution < 1.29 is 9.90 Å². The van der Waals surface area contributed by atoms with E-state index in [-0.39, 0.29) is 6.42 Å². The Balaban J connectivity index is 2.31. The molecular weight excluding hydrogens is 194 g/mol. The van der Waals surface area contributed by atoms with Crippen LogP contribution in [0, 0.1) is 6.92 Å². The van der Waals surface area contributed by atoms with Gasteiger partial charge in [0.2, 0.25) is 0 Å². The summed E-state index contributed by atoms with van der Waals surface area (Å²) >= 11 is 0. The summed E-state index contributed by atoms with van der Waals surface area (Å²) in [7, 11) is 0. The number of aliphatic carboxylic acids is 1. The van der Waals surface area contributed by atoms with Gasteiger partial charge in [0.05, 0.1) is 12.1 Å². The third-order valence-corrected chi connectivity index (χ3v) is 2.21. The lowest BCUT2D eigenvalue weighted by molar-refractivity contribution is -0.136. The van der Waals surface area contributed by atoms with Gasteiger partial charge in [-0.05, 0) is 13.0 Å². The molecule has 2 heterocycles. The molecule has 0 amide bonds. The van der Waals surface area contributed by atoms with Crippen molar-refractivity contribution in [2.24, 2.45) is 0 Å². The lowest BCUT2D eigenvalue weighted by atomic mass is 10.2. The normalized spacial score (nSPS) is 10.7. The summed E-state index contributed by atoms with van der Waals surface area (Å²) in [5.74, 6) is 0.0449. The number of carbonyl (C=O) groups is 1. The highest BCUT2D eigenvalue weighted by Gasteiger charge is 2.05. The number of imidazole rings is 1. The van der Waals surface area contributed by atoms with Gasteiger partial charge >= 0.3 is 5.97 Å². The first-order valence-electron chi connectivity index (χ1n) is 4.68. The van der Waals surface area contributed by atoms with E-state index < -0.39 is 5.97 Å². The fourth-order valence-electron chi connectivity index (χ4n) is 1.45. The van der Waals surface area contributed by atoms with E-state index in [4.69, 9.17) is 5.11 Å². The summed E-state index contributed by atoms with van der Waals surface area (Å²) in [6.07, 6.45) is 4.09. The minimum atomic E-state index is -0.804. The van der Waals surface area contributed by atoms with Crippen LogP contribution in [0.2, 0.25) is 0 Å². The summed E-state index contributed by atoms with van der Waals surface area (Å²) in [5.41, 5.74) is 1.59. The third-order valence-electron chi connectivity index (χ3n) is 2.21. The minimum absolute atomic E-state index is 0.107. The summed E-state index contributed by atoms with van der Waals surface area (Å²) < 4.78 is 1.86. The molecular formula is C10H11N3O2. The maximum absolute atomic E-state index is 10.4. The number of aryl methyl sites for hydroxylation is 2. The SMILES string of the molecule is Cc1nccc2nc(CCC(=O)O)cn12. The van der Waals surface area contributed by atoms with Gasteiger partial charge in [-0.25, -0.2) is 9.97 Å². The van der Waals surface area contributed by atoms with Crippen molar-refractivity contribution in [3.8, 4) is 0 Å². The Bertz CT molecular complexity index is 504. The molecule has 0 unspecified atom stereocenters. The zero-order chi connectivity index (χ0) is 10.8. The van der Waals surface area contributed by atoms with Gasteiger partial charge in [-0.3, -0.25) is 9.20 Å². The number of nitrogens with zero attached hydrogens (tertiary/aromatic N) is 3. The van der Waals surface area contributed by atoms with Crippen LogP contribution in [0.25, 0.3) is 5.65 Å². The van der Waals surface area contributed by atoms with Gasteiger partial charge < -0.3 is 5.11 Å². The molecule has 2 rings (SSSR count). The summed E-state index contributed by atoms with van der Waals surface area (Å²) in [6.45, 7) is 1.88. The number of hydrogen-bond acceptors (Lipinski definition) is 3. The molecule has 0 saturated heterocycles. The van der Waals surface area contributed by atoms with E-state index in [0.29, 0.717) is 6.42 Å². The van der Waals surface area contributed by atoms with Gasteiger partial charge in [-0.2, -0.15) is 0 Å². The minimum Gasteiger partial charge on any atom is -0.481 e. The van der Waals surface area contributed by atoms with Gasteiger partial charge in [0.15, 0.2) is 0 Å². The number of carboxylic acid groups (broad SMARTS) is 1. The van der Waals surface area contributed by atoms with Crippen molar-refractivity contribution in [2.45, 2.75) is 19.8 Å². The smallest absolute Gasteiger partial charge is 0.303 e. The predicted molar refractivity (Wildman–Crippen MR) is 53.7 cm³/mol. The second-order valence-corrected chi connectivity index (χ2v) is 3.35. The Morgan fingerprint density at radius 1 is 1.60 bits per heavy atom. The highest BCUT2D eigenvalue weighted by Crippen LogP contribution is 2.07. The largest absolute Gasteiger partial charge is 0.481 e. The average Bonchev–Trinajstić information content (AvgIpc) is 2.59. The predicted octanol–water partition coefficient (Wildman–Crippen LogP) is 1.05. The maximum Gasteiger partial charge on any atom is 0.303 e.